The van der Waals surface area contributed by atoms with Gasteiger partial charge in [-0.15, -0.1) is 0 Å². The van der Waals surface area contributed by atoms with E-state index in [0.29, 0.717) is 16.6 Å². The van der Waals surface area contributed by atoms with Gasteiger partial charge in [0.2, 0.25) is 0 Å². The Balaban J connectivity index is 1.81. The van der Waals surface area contributed by atoms with Crippen molar-refractivity contribution >= 4 is 50.6 Å². The molecule has 0 unspecified atom stereocenters. The largest absolute Gasteiger partial charge is 0.265 e. The quantitative estimate of drug-likeness (QED) is 0.496. The number of hydrogen-bond acceptors (Lipinski definition) is 3. The number of rotatable bonds is 5. The van der Waals surface area contributed by atoms with Gasteiger partial charge in [0, 0.05) is 16.2 Å². The van der Waals surface area contributed by atoms with Crippen LogP contribution in [0.3, 0.4) is 0 Å². The maximum atomic E-state index is 12.7. The van der Waals surface area contributed by atoms with Crippen LogP contribution < -0.4 is 4.72 Å². The first-order valence-electron chi connectivity index (χ1n) is 8.76. The number of benzene rings is 2. The van der Waals surface area contributed by atoms with Gasteiger partial charge in [0.25, 0.3) is 10.0 Å². The summed E-state index contributed by atoms with van der Waals surface area (Å²) in [4.78, 5) is 0.136. The highest BCUT2D eigenvalue weighted by Gasteiger charge is 2.20. The number of nitrogens with zero attached hydrogens (tertiary/aromatic N) is 2. The van der Waals surface area contributed by atoms with Crippen LogP contribution in [-0.2, 0) is 22.0 Å². The molecule has 1 heterocycles. The van der Waals surface area contributed by atoms with Crippen molar-refractivity contribution in [3.63, 3.8) is 0 Å². The summed E-state index contributed by atoms with van der Waals surface area (Å²) in [6.45, 7) is 6.51. The Kier molecular flexibility index (Phi) is 6.20. The van der Waals surface area contributed by atoms with E-state index in [-0.39, 0.29) is 21.2 Å². The zero-order valence-corrected chi connectivity index (χ0v) is 19.2. The molecule has 29 heavy (non-hydrogen) atoms. The van der Waals surface area contributed by atoms with Crippen LogP contribution in [0.1, 0.15) is 31.9 Å². The van der Waals surface area contributed by atoms with E-state index in [1.54, 1.807) is 42.5 Å². The molecule has 0 fully saturated rings. The summed E-state index contributed by atoms with van der Waals surface area (Å²) in [5.41, 5.74) is 1.75. The van der Waals surface area contributed by atoms with E-state index < -0.39 is 10.0 Å². The van der Waals surface area contributed by atoms with Gasteiger partial charge in [-0.3, -0.25) is 9.40 Å². The molecular weight excluding hydrogens is 453 g/mol. The molecule has 0 spiro atoms. The highest BCUT2D eigenvalue weighted by atomic mass is 35.5. The molecule has 0 amide bonds. The minimum atomic E-state index is -3.83. The lowest BCUT2D eigenvalue weighted by Gasteiger charge is -2.19. The fraction of sp³-hybridized carbons (Fsp3) is 0.250. The van der Waals surface area contributed by atoms with Gasteiger partial charge in [0.15, 0.2) is 5.82 Å². The monoisotopic (exact) mass is 471 g/mol. The number of sulfonamides is 1. The number of hydrogen-bond donors (Lipinski definition) is 1. The minimum Gasteiger partial charge on any atom is -0.265 e. The van der Waals surface area contributed by atoms with Gasteiger partial charge in [-0.25, -0.2) is 8.42 Å². The SMILES string of the molecule is CC(C)(C)c1ccc(S(=O)(=O)Nc2nn(Cc3ccc(Cl)cc3Cl)cc2Cl)cc1. The molecule has 0 aliphatic carbocycles. The van der Waals surface area contributed by atoms with Crippen molar-refractivity contribution in [2.45, 2.75) is 37.6 Å². The lowest BCUT2D eigenvalue weighted by molar-refractivity contribution is 0.587. The van der Waals surface area contributed by atoms with Crippen LogP contribution in [0.15, 0.2) is 53.6 Å². The summed E-state index contributed by atoms with van der Waals surface area (Å²) in [5.74, 6) is 0.0525. The summed E-state index contributed by atoms with van der Waals surface area (Å²) in [5, 5.41) is 5.45. The molecule has 0 saturated carbocycles. The highest BCUT2D eigenvalue weighted by Crippen LogP contribution is 2.27. The molecule has 5 nitrogen and oxygen atoms in total. The molecule has 0 radical (unpaired) electrons. The van der Waals surface area contributed by atoms with Gasteiger partial charge >= 0.3 is 0 Å². The van der Waals surface area contributed by atoms with Crippen LogP contribution in [0.25, 0.3) is 0 Å². The first-order valence-corrected chi connectivity index (χ1v) is 11.4. The number of anilines is 1. The average molecular weight is 473 g/mol. The van der Waals surface area contributed by atoms with Gasteiger partial charge < -0.3 is 0 Å². The molecule has 2 aromatic carbocycles. The van der Waals surface area contributed by atoms with Crippen molar-refractivity contribution in [3.8, 4) is 0 Å². The molecule has 0 aliphatic heterocycles. The molecule has 1 N–H and O–H groups in total. The van der Waals surface area contributed by atoms with Crippen LogP contribution in [0, 0.1) is 0 Å². The van der Waals surface area contributed by atoms with Crippen molar-refractivity contribution in [2.75, 3.05) is 4.72 Å². The van der Waals surface area contributed by atoms with Gasteiger partial charge in [-0.05, 0) is 40.8 Å². The molecule has 0 aliphatic rings. The van der Waals surface area contributed by atoms with Crippen molar-refractivity contribution in [1.29, 1.82) is 0 Å². The molecular formula is C20H20Cl3N3O2S. The van der Waals surface area contributed by atoms with E-state index in [4.69, 9.17) is 34.8 Å². The fourth-order valence-electron chi connectivity index (χ4n) is 2.69. The minimum absolute atomic E-state index is 0.0525. The third-order valence-electron chi connectivity index (χ3n) is 4.33. The summed E-state index contributed by atoms with van der Waals surface area (Å²) >= 11 is 18.3. The van der Waals surface area contributed by atoms with Crippen molar-refractivity contribution in [1.82, 2.24) is 9.78 Å². The van der Waals surface area contributed by atoms with E-state index in [0.717, 1.165) is 11.1 Å². The number of halogens is 3. The second-order valence-corrected chi connectivity index (χ2v) is 10.6. The molecule has 3 rings (SSSR count). The second kappa shape index (κ2) is 8.19. The van der Waals surface area contributed by atoms with Crippen LogP contribution >= 0.6 is 34.8 Å². The van der Waals surface area contributed by atoms with E-state index in [1.165, 1.54) is 10.9 Å². The topological polar surface area (TPSA) is 64.0 Å². The van der Waals surface area contributed by atoms with E-state index >= 15 is 0 Å². The Bertz CT molecular complexity index is 1130. The van der Waals surface area contributed by atoms with Gasteiger partial charge in [-0.1, -0.05) is 73.8 Å². The molecule has 0 saturated heterocycles. The van der Waals surface area contributed by atoms with Gasteiger partial charge in [-0.2, -0.15) is 5.10 Å². The zero-order valence-electron chi connectivity index (χ0n) is 16.1. The van der Waals surface area contributed by atoms with Crippen molar-refractivity contribution < 1.29 is 8.42 Å². The third-order valence-corrected chi connectivity index (χ3v) is 6.54. The maximum absolute atomic E-state index is 12.7. The summed E-state index contributed by atoms with van der Waals surface area (Å²) in [6, 6.07) is 11.9. The Hall–Kier alpha value is -1.73. The van der Waals surface area contributed by atoms with E-state index in [2.05, 4.69) is 30.6 Å². The molecule has 9 heteroatoms. The Morgan fingerprint density at radius 1 is 1.00 bits per heavy atom. The maximum Gasteiger partial charge on any atom is 0.263 e. The third kappa shape index (κ3) is 5.25. The summed E-state index contributed by atoms with van der Waals surface area (Å²) in [6.07, 6.45) is 1.53. The fourth-order valence-corrected chi connectivity index (χ4v) is 4.43. The Labute approximate surface area is 185 Å². The number of nitrogens with one attached hydrogen (secondary N) is 1. The molecule has 3 aromatic rings. The zero-order chi connectivity index (χ0) is 21.4. The average Bonchev–Trinajstić information content (AvgIpc) is 2.95. The Morgan fingerprint density at radius 3 is 2.24 bits per heavy atom. The first-order chi connectivity index (χ1) is 13.5. The van der Waals surface area contributed by atoms with Crippen molar-refractivity contribution in [3.05, 3.63) is 74.9 Å². The van der Waals surface area contributed by atoms with Crippen LogP contribution in [-0.4, -0.2) is 18.2 Å². The second-order valence-electron chi connectivity index (χ2n) is 7.64. The number of aromatic nitrogens is 2. The molecule has 0 atom stereocenters. The first kappa shape index (κ1) is 22.0. The summed E-state index contributed by atoms with van der Waals surface area (Å²) < 4.78 is 29.4. The summed E-state index contributed by atoms with van der Waals surface area (Å²) in [7, 11) is -3.83. The smallest absolute Gasteiger partial charge is 0.263 e. The standard InChI is InChI=1S/C20H20Cl3N3O2S/c1-20(2,3)14-5-8-16(9-6-14)29(27,28)25-19-18(23)12-26(24-19)11-13-4-7-15(21)10-17(13)22/h4-10,12H,11H2,1-3H3,(H,24,25). The molecule has 1 aromatic heterocycles. The highest BCUT2D eigenvalue weighted by molar-refractivity contribution is 7.92. The van der Waals surface area contributed by atoms with Crippen LogP contribution in [0.2, 0.25) is 15.1 Å². The van der Waals surface area contributed by atoms with Crippen LogP contribution in [0.5, 0.6) is 0 Å². The Morgan fingerprint density at radius 2 is 1.66 bits per heavy atom. The van der Waals surface area contributed by atoms with E-state index in [9.17, 15) is 8.42 Å². The lowest BCUT2D eigenvalue weighted by atomic mass is 9.87. The van der Waals surface area contributed by atoms with Gasteiger partial charge in [0.05, 0.1) is 11.4 Å². The van der Waals surface area contributed by atoms with Gasteiger partial charge in [0.1, 0.15) is 5.02 Å². The van der Waals surface area contributed by atoms with Crippen molar-refractivity contribution in [2.24, 2.45) is 0 Å². The predicted molar refractivity (Wildman–Crippen MR) is 119 cm³/mol. The van der Waals surface area contributed by atoms with E-state index in [1.807, 2.05) is 0 Å². The lowest BCUT2D eigenvalue weighted by Crippen LogP contribution is -2.15. The predicted octanol–water partition coefficient (Wildman–Crippen LogP) is 5.99. The molecule has 0 bridgehead atoms. The van der Waals surface area contributed by atoms with Crippen LogP contribution in [0.4, 0.5) is 5.82 Å². The normalized spacial score (nSPS) is 12.2. The molecule has 154 valence electrons.